The summed E-state index contributed by atoms with van der Waals surface area (Å²) < 4.78 is 18.0. The van der Waals surface area contributed by atoms with E-state index in [0.29, 0.717) is 24.6 Å². The lowest BCUT2D eigenvalue weighted by Crippen LogP contribution is -2.33. The predicted octanol–water partition coefficient (Wildman–Crippen LogP) is 2.12. The summed E-state index contributed by atoms with van der Waals surface area (Å²) in [4.78, 5) is 14.1. The molecule has 0 radical (unpaired) electrons. The Kier molecular flexibility index (Phi) is 4.44. The average molecular weight is 251 g/mol. The van der Waals surface area contributed by atoms with Gasteiger partial charge in [-0.1, -0.05) is 0 Å². The van der Waals surface area contributed by atoms with E-state index >= 15 is 0 Å². The Balaban J connectivity index is 1.82. The van der Waals surface area contributed by atoms with Gasteiger partial charge < -0.3 is 9.64 Å². The molecular weight excluding hydrogens is 233 g/mol. The third-order valence-corrected chi connectivity index (χ3v) is 3.39. The normalized spacial score (nSPS) is 19.4. The van der Waals surface area contributed by atoms with E-state index in [9.17, 15) is 9.18 Å². The largest absolute Gasteiger partial charge is 0.380 e. The lowest BCUT2D eigenvalue weighted by Gasteiger charge is -2.22. The summed E-state index contributed by atoms with van der Waals surface area (Å²) in [5, 5.41) is 0. The number of ketones is 1. The molecule has 98 valence electrons. The van der Waals surface area contributed by atoms with E-state index in [1.54, 1.807) is 0 Å². The summed E-state index contributed by atoms with van der Waals surface area (Å²) in [6, 6.07) is 6.14. The van der Waals surface area contributed by atoms with Crippen molar-refractivity contribution in [1.82, 2.24) is 4.90 Å². The molecule has 1 unspecified atom stereocenters. The van der Waals surface area contributed by atoms with E-state index in [-0.39, 0.29) is 11.6 Å². The van der Waals surface area contributed by atoms with Gasteiger partial charge in [0.1, 0.15) is 5.82 Å². The van der Waals surface area contributed by atoms with Crippen LogP contribution in [0.25, 0.3) is 0 Å². The Morgan fingerprint density at radius 3 is 2.78 bits per heavy atom. The molecule has 18 heavy (non-hydrogen) atoms. The van der Waals surface area contributed by atoms with Crippen LogP contribution in [-0.2, 0) is 4.74 Å². The van der Waals surface area contributed by atoms with E-state index in [2.05, 4.69) is 4.90 Å². The van der Waals surface area contributed by atoms with Crippen molar-refractivity contribution in [2.45, 2.75) is 18.9 Å². The fourth-order valence-corrected chi connectivity index (χ4v) is 2.11. The second-order valence-electron chi connectivity index (χ2n) is 4.68. The summed E-state index contributed by atoms with van der Waals surface area (Å²) in [7, 11) is 2.01. The minimum Gasteiger partial charge on any atom is -0.380 e. The highest BCUT2D eigenvalue weighted by atomic mass is 19.1. The number of hydrogen-bond donors (Lipinski definition) is 0. The van der Waals surface area contributed by atoms with Crippen LogP contribution in [0.2, 0.25) is 0 Å². The summed E-state index contributed by atoms with van der Waals surface area (Å²) in [5.41, 5.74) is 0.576. The monoisotopic (exact) mass is 251 g/mol. The summed E-state index contributed by atoms with van der Waals surface area (Å²) in [6.45, 7) is 2.27. The summed E-state index contributed by atoms with van der Waals surface area (Å²) in [5.74, 6) is -0.257. The second kappa shape index (κ2) is 6.07. The first kappa shape index (κ1) is 13.2. The van der Waals surface area contributed by atoms with Crippen molar-refractivity contribution in [3.8, 4) is 0 Å². The third kappa shape index (κ3) is 3.37. The van der Waals surface area contributed by atoms with Crippen molar-refractivity contribution in [2.24, 2.45) is 0 Å². The van der Waals surface area contributed by atoms with Gasteiger partial charge in [-0.25, -0.2) is 4.39 Å². The van der Waals surface area contributed by atoms with Gasteiger partial charge in [-0.3, -0.25) is 4.79 Å². The van der Waals surface area contributed by atoms with Crippen molar-refractivity contribution in [1.29, 1.82) is 0 Å². The quantitative estimate of drug-likeness (QED) is 0.751. The number of Topliss-reactive ketones (excluding diaryl/α,β-unsaturated/α-hetero) is 1. The van der Waals surface area contributed by atoms with Gasteiger partial charge in [0.25, 0.3) is 0 Å². The number of likely N-dealkylation sites (N-methyl/N-ethyl adjacent to an activating group) is 1. The standard InChI is InChI=1S/C14H18FNO2/c1-16(13-7-9-18-10-13)8-6-14(17)11-2-4-12(15)5-3-11/h2-5,13H,6-10H2,1H3. The zero-order valence-corrected chi connectivity index (χ0v) is 10.6. The summed E-state index contributed by atoms with van der Waals surface area (Å²) in [6.07, 6.45) is 1.49. The van der Waals surface area contributed by atoms with Gasteiger partial charge in [-0.2, -0.15) is 0 Å². The fourth-order valence-electron chi connectivity index (χ4n) is 2.11. The molecule has 3 nitrogen and oxygen atoms in total. The number of nitrogens with zero attached hydrogens (tertiary/aromatic N) is 1. The fraction of sp³-hybridized carbons (Fsp3) is 0.500. The molecule has 0 amide bonds. The Morgan fingerprint density at radius 1 is 1.44 bits per heavy atom. The third-order valence-electron chi connectivity index (χ3n) is 3.39. The number of ether oxygens (including phenoxy) is 1. The second-order valence-corrected chi connectivity index (χ2v) is 4.68. The van der Waals surface area contributed by atoms with Gasteiger partial charge >= 0.3 is 0 Å². The van der Waals surface area contributed by atoms with E-state index < -0.39 is 0 Å². The van der Waals surface area contributed by atoms with Crippen molar-refractivity contribution in [3.63, 3.8) is 0 Å². The van der Waals surface area contributed by atoms with Crippen molar-refractivity contribution in [3.05, 3.63) is 35.6 Å². The highest BCUT2D eigenvalue weighted by molar-refractivity contribution is 5.96. The predicted molar refractivity (Wildman–Crippen MR) is 67.2 cm³/mol. The molecule has 1 saturated heterocycles. The molecular formula is C14H18FNO2. The topological polar surface area (TPSA) is 29.5 Å². The molecule has 1 aliphatic rings. The molecule has 0 aliphatic carbocycles. The number of rotatable bonds is 5. The zero-order chi connectivity index (χ0) is 13.0. The molecule has 1 atom stereocenters. The minimum atomic E-state index is -0.313. The molecule has 1 fully saturated rings. The van der Waals surface area contributed by atoms with Crippen LogP contribution in [0.3, 0.4) is 0 Å². The maximum Gasteiger partial charge on any atom is 0.164 e. The average Bonchev–Trinajstić information content (AvgIpc) is 2.90. The molecule has 0 N–H and O–H groups in total. The Hall–Kier alpha value is -1.26. The van der Waals surface area contributed by atoms with Crippen molar-refractivity contribution >= 4 is 5.78 Å². The van der Waals surface area contributed by atoms with Crippen LogP contribution in [0.1, 0.15) is 23.2 Å². The lowest BCUT2D eigenvalue weighted by molar-refractivity contribution is 0.0954. The van der Waals surface area contributed by atoms with Crippen LogP contribution in [0.15, 0.2) is 24.3 Å². The van der Waals surface area contributed by atoms with Gasteiger partial charge in [-0.05, 0) is 37.7 Å². The number of hydrogen-bond acceptors (Lipinski definition) is 3. The van der Waals surface area contributed by atoms with E-state index in [1.165, 1.54) is 24.3 Å². The molecule has 1 aromatic rings. The molecule has 4 heteroatoms. The highest BCUT2D eigenvalue weighted by Crippen LogP contribution is 2.12. The van der Waals surface area contributed by atoms with Gasteiger partial charge in [0, 0.05) is 31.2 Å². The smallest absolute Gasteiger partial charge is 0.164 e. The first-order chi connectivity index (χ1) is 8.66. The van der Waals surface area contributed by atoms with Gasteiger partial charge in [0.15, 0.2) is 5.78 Å². The molecule has 1 aliphatic heterocycles. The lowest BCUT2D eigenvalue weighted by atomic mass is 10.1. The van der Waals surface area contributed by atoms with Crippen LogP contribution >= 0.6 is 0 Å². The maximum atomic E-state index is 12.7. The SMILES string of the molecule is CN(CCC(=O)c1ccc(F)cc1)C1CCOC1. The Bertz CT molecular complexity index is 399. The minimum absolute atomic E-state index is 0.0563. The van der Waals surface area contributed by atoms with E-state index in [0.717, 1.165) is 19.6 Å². The molecule has 0 spiro atoms. The Morgan fingerprint density at radius 2 is 2.17 bits per heavy atom. The zero-order valence-electron chi connectivity index (χ0n) is 10.6. The highest BCUT2D eigenvalue weighted by Gasteiger charge is 2.20. The molecule has 2 rings (SSSR count). The number of benzene rings is 1. The van der Waals surface area contributed by atoms with Crippen LogP contribution in [0, 0.1) is 5.82 Å². The van der Waals surface area contributed by atoms with E-state index in [1.807, 2.05) is 7.05 Å². The first-order valence-electron chi connectivity index (χ1n) is 6.23. The Labute approximate surface area is 107 Å². The molecule has 1 aromatic carbocycles. The number of carbonyl (C=O) groups excluding carboxylic acids is 1. The molecule has 1 heterocycles. The molecule has 0 bridgehead atoms. The van der Waals surface area contributed by atoms with Crippen LogP contribution in [0.5, 0.6) is 0 Å². The summed E-state index contributed by atoms with van der Waals surface area (Å²) >= 11 is 0. The first-order valence-corrected chi connectivity index (χ1v) is 6.23. The number of halogens is 1. The maximum absolute atomic E-state index is 12.7. The van der Waals surface area contributed by atoms with Crippen molar-refractivity contribution in [2.75, 3.05) is 26.8 Å². The van der Waals surface area contributed by atoms with Gasteiger partial charge in [0.05, 0.1) is 6.61 Å². The van der Waals surface area contributed by atoms with Gasteiger partial charge in [0.2, 0.25) is 0 Å². The molecule has 0 aromatic heterocycles. The van der Waals surface area contributed by atoms with E-state index in [4.69, 9.17) is 4.74 Å². The van der Waals surface area contributed by atoms with Crippen LogP contribution in [0.4, 0.5) is 4.39 Å². The van der Waals surface area contributed by atoms with Crippen molar-refractivity contribution < 1.29 is 13.9 Å². The number of carbonyl (C=O) groups is 1. The van der Waals surface area contributed by atoms with Gasteiger partial charge in [-0.15, -0.1) is 0 Å². The molecule has 0 saturated carbocycles. The van der Waals surface area contributed by atoms with Crippen LogP contribution in [-0.4, -0.2) is 43.5 Å². The van der Waals surface area contributed by atoms with Crippen LogP contribution < -0.4 is 0 Å².